The van der Waals surface area contributed by atoms with E-state index in [4.69, 9.17) is 0 Å². The number of benzene rings is 4. The highest BCUT2D eigenvalue weighted by Crippen LogP contribution is 2.40. The van der Waals surface area contributed by atoms with E-state index in [1.165, 1.54) is 0 Å². The normalized spacial score (nSPS) is 18.1. The topological polar surface area (TPSA) is 136 Å². The SMILES string of the molecule is O=C1C(c2c(O)n(CN3CCN(C(=O)Cc4ccc5c(c4)C(=O)C(c4c(O)n(CN6CCC(F)(F)CC6)c6ccccc46)=N5)CC3)c3ccccc23)=Nc2ccccc21. The molecule has 12 nitrogen and oxygen atoms in total. The van der Waals surface area contributed by atoms with Gasteiger partial charge < -0.3 is 15.1 Å². The second-order valence-electron chi connectivity index (χ2n) is 15.7. The van der Waals surface area contributed by atoms with Gasteiger partial charge in [0.15, 0.2) is 0 Å². The molecule has 6 aromatic rings. The molecule has 4 aliphatic rings. The lowest BCUT2D eigenvalue weighted by molar-refractivity contribution is -0.132. The Hall–Kier alpha value is -6.51. The number of rotatable bonds is 8. The number of nitrogens with zero attached hydrogens (tertiary/aromatic N) is 7. The third-order valence-electron chi connectivity index (χ3n) is 12.1. The van der Waals surface area contributed by atoms with Crippen LogP contribution in [0.15, 0.2) is 101 Å². The number of para-hydroxylation sites is 3. The van der Waals surface area contributed by atoms with Crippen molar-refractivity contribution in [1.29, 1.82) is 0 Å². The first kappa shape index (κ1) is 36.8. The summed E-state index contributed by atoms with van der Waals surface area (Å²) in [7, 11) is 0. The van der Waals surface area contributed by atoms with E-state index in [9.17, 15) is 33.4 Å². The van der Waals surface area contributed by atoms with Gasteiger partial charge in [-0.15, -0.1) is 0 Å². The fourth-order valence-electron chi connectivity index (χ4n) is 8.85. The van der Waals surface area contributed by atoms with E-state index in [1.54, 1.807) is 50.4 Å². The molecule has 10 rings (SSSR count). The van der Waals surface area contributed by atoms with Crippen LogP contribution in [-0.4, -0.2) is 108 Å². The molecule has 4 aromatic carbocycles. The molecule has 298 valence electrons. The van der Waals surface area contributed by atoms with Crippen molar-refractivity contribution in [3.05, 3.63) is 119 Å². The van der Waals surface area contributed by atoms with Crippen molar-refractivity contribution < 1.29 is 33.4 Å². The molecule has 2 fully saturated rings. The monoisotopic (exact) mass is 795 g/mol. The molecule has 2 N–H and O–H groups in total. The van der Waals surface area contributed by atoms with Crippen molar-refractivity contribution >= 4 is 62.1 Å². The molecule has 0 saturated carbocycles. The first-order valence-corrected chi connectivity index (χ1v) is 19.7. The summed E-state index contributed by atoms with van der Waals surface area (Å²) in [4.78, 5) is 56.0. The lowest BCUT2D eigenvalue weighted by Gasteiger charge is -2.35. The predicted octanol–water partition coefficient (Wildman–Crippen LogP) is 6.67. The zero-order valence-electron chi connectivity index (χ0n) is 31.9. The first-order chi connectivity index (χ1) is 28.5. The Labute approximate surface area is 336 Å². The zero-order valence-corrected chi connectivity index (χ0v) is 31.9. The minimum atomic E-state index is -2.70. The molecule has 2 aromatic heterocycles. The van der Waals surface area contributed by atoms with Crippen molar-refractivity contribution in [2.75, 3.05) is 39.3 Å². The second kappa shape index (κ2) is 14.1. The van der Waals surface area contributed by atoms with Crippen LogP contribution in [-0.2, 0) is 24.6 Å². The number of aromatic nitrogens is 2. The summed E-state index contributed by atoms with van der Waals surface area (Å²) in [6.07, 6.45) is -0.421. The van der Waals surface area contributed by atoms with E-state index in [2.05, 4.69) is 14.9 Å². The van der Waals surface area contributed by atoms with Gasteiger partial charge in [-0.25, -0.2) is 18.8 Å². The smallest absolute Gasteiger partial charge is 0.250 e. The fourth-order valence-corrected chi connectivity index (χ4v) is 8.85. The van der Waals surface area contributed by atoms with Crippen LogP contribution in [0, 0.1) is 0 Å². The number of ketones is 2. The van der Waals surface area contributed by atoms with Crippen LogP contribution in [0.5, 0.6) is 11.8 Å². The van der Waals surface area contributed by atoms with E-state index in [0.717, 1.165) is 10.9 Å². The van der Waals surface area contributed by atoms with Gasteiger partial charge in [0.25, 0.3) is 5.92 Å². The zero-order chi connectivity index (χ0) is 40.6. The number of hydrogen-bond acceptors (Lipinski definition) is 9. The van der Waals surface area contributed by atoms with E-state index in [1.807, 2.05) is 59.5 Å². The third kappa shape index (κ3) is 6.30. The van der Waals surface area contributed by atoms with Crippen molar-refractivity contribution in [3.63, 3.8) is 0 Å². The van der Waals surface area contributed by atoms with Crippen molar-refractivity contribution in [2.24, 2.45) is 9.98 Å². The number of aromatic hydroxyl groups is 2. The number of likely N-dealkylation sites (tertiary alicyclic amines) is 1. The van der Waals surface area contributed by atoms with Crippen LogP contribution in [0.2, 0.25) is 0 Å². The standard InChI is InChI=1S/C45H39F2N7O5/c46-45(47)15-17-50(18-16-45)25-53-34-11-5-3-9-30(34)38(44(53)59)40-42(57)31-23-27(13-14-33(31)49-40)24-36(55)52-21-19-51(20-22-52)26-54-35-12-6-2-8-29(35)37(43(54)58)39-41(56)28-7-1-4-10-32(28)48-39/h1-14,23,58-59H,15-22,24-26H2. The molecule has 0 radical (unpaired) electrons. The van der Waals surface area contributed by atoms with Crippen LogP contribution in [0.4, 0.5) is 20.2 Å². The number of carbonyl (C=O) groups is 3. The Morgan fingerprint density at radius 3 is 1.73 bits per heavy atom. The molecule has 6 heterocycles. The Morgan fingerprint density at radius 2 is 1.14 bits per heavy atom. The molecule has 0 unspecified atom stereocenters. The number of carbonyl (C=O) groups excluding carboxylic acids is 3. The lowest BCUT2D eigenvalue weighted by Crippen LogP contribution is -2.49. The van der Waals surface area contributed by atoms with Crippen LogP contribution >= 0.6 is 0 Å². The highest BCUT2D eigenvalue weighted by atomic mass is 19.3. The number of Topliss-reactive ketones (excluding diaryl/α,β-unsaturated/α-hetero) is 2. The van der Waals surface area contributed by atoms with Crippen molar-refractivity contribution in [2.45, 2.75) is 38.5 Å². The maximum Gasteiger partial charge on any atom is 0.250 e. The Bertz CT molecular complexity index is 2800. The van der Waals surface area contributed by atoms with Crippen LogP contribution in [0.1, 0.15) is 50.2 Å². The van der Waals surface area contributed by atoms with Crippen molar-refractivity contribution in [3.8, 4) is 11.8 Å². The van der Waals surface area contributed by atoms with E-state index >= 15 is 0 Å². The first-order valence-electron chi connectivity index (χ1n) is 19.7. The van der Waals surface area contributed by atoms with Crippen molar-refractivity contribution in [1.82, 2.24) is 23.8 Å². The minimum Gasteiger partial charge on any atom is -0.494 e. The average Bonchev–Trinajstić information content (AvgIpc) is 3.92. The summed E-state index contributed by atoms with van der Waals surface area (Å²) in [6, 6.07) is 27.2. The predicted molar refractivity (Wildman–Crippen MR) is 219 cm³/mol. The molecule has 0 bridgehead atoms. The maximum absolute atomic E-state index is 14.0. The summed E-state index contributed by atoms with van der Waals surface area (Å²) in [5, 5.41) is 24.5. The number of aliphatic imine (C=N–C) groups is 2. The van der Waals surface area contributed by atoms with Crippen LogP contribution in [0.3, 0.4) is 0 Å². The lowest BCUT2D eigenvalue weighted by atomic mass is 9.99. The number of piperazine rings is 1. The number of hydrogen-bond donors (Lipinski definition) is 2. The van der Waals surface area contributed by atoms with E-state index in [0.29, 0.717) is 82.9 Å². The minimum absolute atomic E-state index is 0.0315. The van der Waals surface area contributed by atoms with Gasteiger partial charge in [0.1, 0.15) is 11.4 Å². The molecule has 0 atom stereocenters. The number of fused-ring (bicyclic) bond motifs is 4. The molecule has 14 heteroatoms. The summed E-state index contributed by atoms with van der Waals surface area (Å²) in [5.41, 5.74) is 5.01. The second-order valence-corrected chi connectivity index (χ2v) is 15.7. The quantitative estimate of drug-likeness (QED) is 0.176. The number of amides is 1. The van der Waals surface area contributed by atoms with Gasteiger partial charge in [-0.05, 0) is 42.0 Å². The molecule has 0 spiro atoms. The Kier molecular flexibility index (Phi) is 8.79. The highest BCUT2D eigenvalue weighted by Gasteiger charge is 2.37. The number of halogens is 2. The molecule has 1 amide bonds. The van der Waals surface area contributed by atoms with Crippen LogP contribution in [0.25, 0.3) is 21.8 Å². The Balaban J connectivity index is 0.810. The van der Waals surface area contributed by atoms with Gasteiger partial charge in [-0.1, -0.05) is 54.6 Å². The number of piperidine rings is 1. The van der Waals surface area contributed by atoms with Gasteiger partial charge in [0.2, 0.25) is 29.2 Å². The molecular weight excluding hydrogens is 757 g/mol. The molecule has 2 saturated heterocycles. The summed E-state index contributed by atoms with van der Waals surface area (Å²) < 4.78 is 31.1. The van der Waals surface area contributed by atoms with E-state index < -0.39 is 5.92 Å². The van der Waals surface area contributed by atoms with Crippen LogP contribution < -0.4 is 0 Å². The average molecular weight is 796 g/mol. The maximum atomic E-state index is 14.0. The molecule has 59 heavy (non-hydrogen) atoms. The Morgan fingerprint density at radius 1 is 0.627 bits per heavy atom. The molecule has 0 aliphatic carbocycles. The largest absolute Gasteiger partial charge is 0.494 e. The van der Waals surface area contributed by atoms with Gasteiger partial charge in [0, 0.05) is 68.4 Å². The van der Waals surface area contributed by atoms with Gasteiger partial charge in [0.05, 0.1) is 58.9 Å². The summed E-state index contributed by atoms with van der Waals surface area (Å²) in [6.45, 7) is 2.95. The molecule has 4 aliphatic heterocycles. The molecular formula is C45H39F2N7O5. The fraction of sp³-hybridized carbons (Fsp3) is 0.267. The number of alkyl halides is 2. The van der Waals surface area contributed by atoms with Gasteiger partial charge in [-0.3, -0.25) is 33.3 Å². The van der Waals surface area contributed by atoms with Gasteiger partial charge in [-0.2, -0.15) is 0 Å². The summed E-state index contributed by atoms with van der Waals surface area (Å²) >= 11 is 0. The summed E-state index contributed by atoms with van der Waals surface area (Å²) in [5.74, 6) is -3.55. The van der Waals surface area contributed by atoms with Gasteiger partial charge >= 0.3 is 0 Å². The highest BCUT2D eigenvalue weighted by molar-refractivity contribution is 6.57. The van der Waals surface area contributed by atoms with E-state index in [-0.39, 0.29) is 79.7 Å². The third-order valence-corrected chi connectivity index (χ3v) is 12.1.